The van der Waals surface area contributed by atoms with Crippen molar-refractivity contribution < 1.29 is 9.53 Å². The molecule has 2 aromatic rings. The lowest BCUT2D eigenvalue weighted by atomic mass is 9.75. The maximum Gasteiger partial charge on any atom is 0.222 e. The van der Waals surface area contributed by atoms with Crippen molar-refractivity contribution in [1.29, 1.82) is 0 Å². The molecular formula is C27H37NO2. The lowest BCUT2D eigenvalue weighted by molar-refractivity contribution is -0.133. The summed E-state index contributed by atoms with van der Waals surface area (Å²) in [6.45, 7) is 10.1. The standard InChI is InChI=1S/C27H37NO2/c1-5-26(29)28(21(2)22-12-8-6-9-13-22)18-16-25(23-14-10-7-11-15-23)24-17-19-30-27(3,4)20-24/h6-15,21,24-25H,5,16-20H2,1-4H3/t21-,24+,25+/m0/s1. The summed E-state index contributed by atoms with van der Waals surface area (Å²) in [5.41, 5.74) is 2.51. The van der Waals surface area contributed by atoms with E-state index in [0.29, 0.717) is 18.3 Å². The average molecular weight is 408 g/mol. The maximum atomic E-state index is 12.9. The molecule has 0 saturated carbocycles. The first-order valence-electron chi connectivity index (χ1n) is 11.4. The molecule has 0 N–H and O–H groups in total. The molecule has 162 valence electrons. The van der Waals surface area contributed by atoms with E-state index in [1.807, 2.05) is 13.0 Å². The molecule has 1 aliphatic heterocycles. The molecule has 1 saturated heterocycles. The molecule has 0 radical (unpaired) electrons. The van der Waals surface area contributed by atoms with Gasteiger partial charge >= 0.3 is 0 Å². The summed E-state index contributed by atoms with van der Waals surface area (Å²) < 4.78 is 5.99. The minimum absolute atomic E-state index is 0.0772. The van der Waals surface area contributed by atoms with Crippen molar-refractivity contribution in [1.82, 2.24) is 4.90 Å². The highest BCUT2D eigenvalue weighted by molar-refractivity contribution is 5.76. The Labute approximate surface area is 182 Å². The molecule has 0 bridgehead atoms. The summed E-state index contributed by atoms with van der Waals surface area (Å²) in [6, 6.07) is 21.3. The van der Waals surface area contributed by atoms with Crippen molar-refractivity contribution in [2.24, 2.45) is 5.92 Å². The van der Waals surface area contributed by atoms with Gasteiger partial charge in [0, 0.05) is 19.6 Å². The van der Waals surface area contributed by atoms with Gasteiger partial charge in [-0.2, -0.15) is 0 Å². The first-order chi connectivity index (χ1) is 14.4. The van der Waals surface area contributed by atoms with Crippen LogP contribution in [0.4, 0.5) is 0 Å². The summed E-state index contributed by atoms with van der Waals surface area (Å²) in [5, 5.41) is 0. The largest absolute Gasteiger partial charge is 0.376 e. The van der Waals surface area contributed by atoms with E-state index in [9.17, 15) is 4.79 Å². The minimum atomic E-state index is -0.0772. The monoisotopic (exact) mass is 407 g/mol. The Hall–Kier alpha value is -2.13. The van der Waals surface area contributed by atoms with E-state index in [4.69, 9.17) is 4.74 Å². The minimum Gasteiger partial charge on any atom is -0.376 e. The van der Waals surface area contributed by atoms with Gasteiger partial charge in [-0.15, -0.1) is 0 Å². The summed E-state index contributed by atoms with van der Waals surface area (Å²) in [4.78, 5) is 14.9. The molecule has 3 nitrogen and oxygen atoms in total. The molecule has 3 rings (SSSR count). The second-order valence-corrected chi connectivity index (χ2v) is 9.19. The normalized spacial score (nSPS) is 20.3. The number of amides is 1. The summed E-state index contributed by atoms with van der Waals surface area (Å²) in [6.07, 6.45) is 3.66. The summed E-state index contributed by atoms with van der Waals surface area (Å²) in [7, 11) is 0. The molecule has 30 heavy (non-hydrogen) atoms. The number of rotatable bonds is 8. The number of nitrogens with zero attached hydrogens (tertiary/aromatic N) is 1. The number of carbonyl (C=O) groups excluding carboxylic acids is 1. The van der Waals surface area contributed by atoms with E-state index in [0.717, 1.165) is 32.4 Å². The Morgan fingerprint density at radius 3 is 2.23 bits per heavy atom. The Morgan fingerprint density at radius 2 is 1.67 bits per heavy atom. The Kier molecular flexibility index (Phi) is 7.71. The van der Waals surface area contributed by atoms with E-state index in [-0.39, 0.29) is 17.6 Å². The molecular weight excluding hydrogens is 370 g/mol. The topological polar surface area (TPSA) is 29.5 Å². The number of benzene rings is 2. The molecule has 3 heteroatoms. The van der Waals surface area contributed by atoms with Crippen LogP contribution in [0.25, 0.3) is 0 Å². The van der Waals surface area contributed by atoms with Gasteiger partial charge in [-0.1, -0.05) is 67.6 Å². The third-order valence-electron chi connectivity index (χ3n) is 6.59. The molecule has 0 aliphatic carbocycles. The first-order valence-corrected chi connectivity index (χ1v) is 11.4. The second-order valence-electron chi connectivity index (χ2n) is 9.19. The Balaban J connectivity index is 1.81. The highest BCUT2D eigenvalue weighted by Gasteiger charge is 2.34. The zero-order chi connectivity index (χ0) is 21.6. The zero-order valence-electron chi connectivity index (χ0n) is 19.0. The lowest BCUT2D eigenvalue weighted by Gasteiger charge is -2.40. The van der Waals surface area contributed by atoms with E-state index in [1.165, 1.54) is 11.1 Å². The molecule has 0 spiro atoms. The third kappa shape index (κ3) is 5.72. The van der Waals surface area contributed by atoms with E-state index < -0.39 is 0 Å². The molecule has 2 aromatic carbocycles. The predicted octanol–water partition coefficient (Wildman–Crippen LogP) is 6.37. The van der Waals surface area contributed by atoms with Crippen molar-refractivity contribution in [2.75, 3.05) is 13.2 Å². The van der Waals surface area contributed by atoms with Gasteiger partial charge in [-0.3, -0.25) is 4.79 Å². The van der Waals surface area contributed by atoms with Crippen LogP contribution in [0.1, 0.15) is 76.5 Å². The molecule has 1 heterocycles. The fourth-order valence-corrected chi connectivity index (χ4v) is 4.92. The van der Waals surface area contributed by atoms with Crippen LogP contribution in [0.15, 0.2) is 60.7 Å². The number of carbonyl (C=O) groups is 1. The van der Waals surface area contributed by atoms with Gasteiger partial charge in [0.1, 0.15) is 0 Å². The maximum absolute atomic E-state index is 12.9. The predicted molar refractivity (Wildman–Crippen MR) is 123 cm³/mol. The van der Waals surface area contributed by atoms with Crippen LogP contribution in [0, 0.1) is 5.92 Å². The highest BCUT2D eigenvalue weighted by Crippen LogP contribution is 2.40. The van der Waals surface area contributed by atoms with Gasteiger partial charge in [0.15, 0.2) is 0 Å². The van der Waals surface area contributed by atoms with Crippen molar-refractivity contribution in [2.45, 2.75) is 70.9 Å². The molecule has 0 unspecified atom stereocenters. The third-order valence-corrected chi connectivity index (χ3v) is 6.59. The highest BCUT2D eigenvalue weighted by atomic mass is 16.5. The van der Waals surface area contributed by atoms with Crippen molar-refractivity contribution in [3.63, 3.8) is 0 Å². The fraction of sp³-hybridized carbons (Fsp3) is 0.519. The number of ether oxygens (including phenoxy) is 1. The Bertz CT molecular complexity index is 787. The van der Waals surface area contributed by atoms with E-state index >= 15 is 0 Å². The molecule has 1 fully saturated rings. The lowest BCUT2D eigenvalue weighted by Crippen LogP contribution is -2.38. The zero-order valence-corrected chi connectivity index (χ0v) is 19.0. The van der Waals surface area contributed by atoms with Gasteiger partial charge in [0.2, 0.25) is 5.91 Å². The van der Waals surface area contributed by atoms with Crippen LogP contribution in [0.5, 0.6) is 0 Å². The van der Waals surface area contributed by atoms with Gasteiger partial charge in [-0.05, 0) is 63.0 Å². The van der Waals surface area contributed by atoms with Gasteiger partial charge in [0.25, 0.3) is 0 Å². The van der Waals surface area contributed by atoms with Crippen molar-refractivity contribution in [3.05, 3.63) is 71.8 Å². The van der Waals surface area contributed by atoms with Crippen LogP contribution >= 0.6 is 0 Å². The van der Waals surface area contributed by atoms with Gasteiger partial charge < -0.3 is 9.64 Å². The quantitative estimate of drug-likeness (QED) is 0.509. The second kappa shape index (κ2) is 10.3. The molecule has 0 aromatic heterocycles. The smallest absolute Gasteiger partial charge is 0.222 e. The van der Waals surface area contributed by atoms with Gasteiger partial charge in [-0.25, -0.2) is 0 Å². The van der Waals surface area contributed by atoms with Crippen LogP contribution < -0.4 is 0 Å². The average Bonchev–Trinajstić information content (AvgIpc) is 2.76. The number of hydrogen-bond donors (Lipinski definition) is 0. The summed E-state index contributed by atoms with van der Waals surface area (Å²) in [5.74, 6) is 1.23. The van der Waals surface area contributed by atoms with Crippen molar-refractivity contribution >= 4 is 5.91 Å². The molecule has 3 atom stereocenters. The van der Waals surface area contributed by atoms with Crippen LogP contribution in [-0.2, 0) is 9.53 Å². The first kappa shape index (κ1) is 22.6. The fourth-order valence-electron chi connectivity index (χ4n) is 4.92. The van der Waals surface area contributed by atoms with Crippen LogP contribution in [-0.4, -0.2) is 29.6 Å². The summed E-state index contributed by atoms with van der Waals surface area (Å²) >= 11 is 0. The van der Waals surface area contributed by atoms with Crippen molar-refractivity contribution in [3.8, 4) is 0 Å². The molecule has 1 aliphatic rings. The van der Waals surface area contributed by atoms with Crippen LogP contribution in [0.2, 0.25) is 0 Å². The molecule has 1 amide bonds. The SMILES string of the molecule is CCC(=O)N(CC[C@H](c1ccccc1)[C@@H]1CCOC(C)(C)C1)[C@@H](C)c1ccccc1. The Morgan fingerprint density at radius 1 is 1.07 bits per heavy atom. The number of hydrogen-bond acceptors (Lipinski definition) is 2. The van der Waals surface area contributed by atoms with E-state index in [2.05, 4.69) is 80.3 Å². The van der Waals surface area contributed by atoms with Crippen LogP contribution in [0.3, 0.4) is 0 Å². The van der Waals surface area contributed by atoms with Gasteiger partial charge in [0.05, 0.1) is 11.6 Å². The van der Waals surface area contributed by atoms with E-state index in [1.54, 1.807) is 0 Å².